The van der Waals surface area contributed by atoms with E-state index >= 15 is 0 Å². The first-order valence-corrected chi connectivity index (χ1v) is 7.81. The molecule has 1 atom stereocenters. The number of hydrogen-bond donors (Lipinski definition) is 0. The van der Waals surface area contributed by atoms with Gasteiger partial charge >= 0.3 is 0 Å². The van der Waals surface area contributed by atoms with Crippen molar-refractivity contribution in [3.63, 3.8) is 0 Å². The fourth-order valence-corrected chi connectivity index (χ4v) is 3.39. The maximum atomic E-state index is 4.65. The van der Waals surface area contributed by atoms with Gasteiger partial charge in [0, 0.05) is 25.3 Å². The van der Waals surface area contributed by atoms with Gasteiger partial charge in [0.25, 0.3) is 0 Å². The average molecular weight is 259 g/mol. The van der Waals surface area contributed by atoms with E-state index in [0.29, 0.717) is 0 Å². The summed E-state index contributed by atoms with van der Waals surface area (Å²) in [5.74, 6) is 1.17. The quantitative estimate of drug-likeness (QED) is 0.829. The van der Waals surface area contributed by atoms with Crippen molar-refractivity contribution in [2.24, 2.45) is 0 Å². The lowest BCUT2D eigenvalue weighted by Crippen LogP contribution is -2.35. The molecule has 1 unspecified atom stereocenters. The Labute approximate surface area is 116 Å². The molecule has 1 aromatic heterocycles. The molecule has 2 fully saturated rings. The molecule has 0 saturated carbocycles. The maximum absolute atomic E-state index is 4.65. The molecule has 3 nitrogen and oxygen atoms in total. The van der Waals surface area contributed by atoms with E-state index in [1.165, 1.54) is 63.2 Å². The van der Waals surface area contributed by atoms with Crippen molar-refractivity contribution >= 4 is 5.82 Å². The van der Waals surface area contributed by atoms with Gasteiger partial charge in [0.15, 0.2) is 0 Å². The Balaban J connectivity index is 1.60. The third-order valence-electron chi connectivity index (χ3n) is 4.49. The number of anilines is 1. The van der Waals surface area contributed by atoms with E-state index < -0.39 is 0 Å². The fourth-order valence-electron chi connectivity index (χ4n) is 3.39. The minimum absolute atomic E-state index is 0.764. The van der Waals surface area contributed by atoms with Crippen LogP contribution in [0.25, 0.3) is 0 Å². The van der Waals surface area contributed by atoms with Crippen molar-refractivity contribution < 1.29 is 0 Å². The lowest BCUT2D eigenvalue weighted by molar-refractivity contribution is 0.260. The number of aryl methyl sites for hydroxylation is 1. The molecule has 0 aromatic carbocycles. The molecule has 104 valence electrons. The summed E-state index contributed by atoms with van der Waals surface area (Å²) in [4.78, 5) is 9.78. The molecule has 0 radical (unpaired) electrons. The molecule has 3 rings (SSSR count). The van der Waals surface area contributed by atoms with Crippen LogP contribution in [0, 0.1) is 0 Å². The van der Waals surface area contributed by atoms with Gasteiger partial charge in [0.2, 0.25) is 0 Å². The first kappa shape index (κ1) is 12.9. The number of pyridine rings is 1. The highest BCUT2D eigenvalue weighted by molar-refractivity contribution is 5.41. The van der Waals surface area contributed by atoms with Gasteiger partial charge < -0.3 is 4.90 Å². The lowest BCUT2D eigenvalue weighted by atomic mass is 10.2. The molecular formula is C16H25N3. The molecule has 3 heterocycles. The molecule has 2 aliphatic heterocycles. The molecular weight excluding hydrogens is 234 g/mol. The first-order chi connectivity index (χ1) is 9.36. The largest absolute Gasteiger partial charge is 0.355 e. The Morgan fingerprint density at radius 1 is 1.21 bits per heavy atom. The highest BCUT2D eigenvalue weighted by Gasteiger charge is 2.29. The highest BCUT2D eigenvalue weighted by Crippen LogP contribution is 2.24. The molecule has 3 heteroatoms. The predicted molar refractivity (Wildman–Crippen MR) is 79.7 cm³/mol. The number of hydrogen-bond acceptors (Lipinski definition) is 3. The van der Waals surface area contributed by atoms with E-state index in [0.717, 1.165) is 12.5 Å². The average Bonchev–Trinajstić information content (AvgIpc) is 3.11. The van der Waals surface area contributed by atoms with Crippen LogP contribution in [0.2, 0.25) is 0 Å². The van der Waals surface area contributed by atoms with Gasteiger partial charge in [0.1, 0.15) is 5.82 Å². The molecule has 19 heavy (non-hydrogen) atoms. The molecule has 0 N–H and O–H groups in total. The smallest absolute Gasteiger partial charge is 0.128 e. The van der Waals surface area contributed by atoms with E-state index in [1.807, 2.05) is 0 Å². The summed E-state index contributed by atoms with van der Waals surface area (Å²) in [6.07, 6.45) is 8.48. The zero-order chi connectivity index (χ0) is 13.1. The summed E-state index contributed by atoms with van der Waals surface area (Å²) >= 11 is 0. The van der Waals surface area contributed by atoms with Crippen LogP contribution in [-0.4, -0.2) is 42.1 Å². The monoisotopic (exact) mass is 259 g/mol. The van der Waals surface area contributed by atoms with Gasteiger partial charge in [-0.15, -0.1) is 0 Å². The molecule has 1 aromatic rings. The summed E-state index contributed by atoms with van der Waals surface area (Å²) in [6.45, 7) is 7.17. The van der Waals surface area contributed by atoms with Crippen LogP contribution in [-0.2, 0) is 6.42 Å². The summed E-state index contributed by atoms with van der Waals surface area (Å²) < 4.78 is 0. The third kappa shape index (κ3) is 2.92. The van der Waals surface area contributed by atoms with E-state index in [-0.39, 0.29) is 0 Å². The van der Waals surface area contributed by atoms with Gasteiger partial charge in [-0.3, -0.25) is 4.90 Å². The normalized spacial score (nSPS) is 24.3. The van der Waals surface area contributed by atoms with Crippen LogP contribution in [0.4, 0.5) is 5.82 Å². The Morgan fingerprint density at radius 2 is 2.05 bits per heavy atom. The van der Waals surface area contributed by atoms with Gasteiger partial charge in [-0.2, -0.15) is 0 Å². The van der Waals surface area contributed by atoms with Gasteiger partial charge in [-0.1, -0.05) is 19.4 Å². The molecule has 0 spiro atoms. The molecule has 0 bridgehead atoms. The Bertz CT molecular complexity index is 395. The third-order valence-corrected chi connectivity index (χ3v) is 4.49. The second kappa shape index (κ2) is 5.91. The van der Waals surface area contributed by atoms with Crippen molar-refractivity contribution in [1.29, 1.82) is 0 Å². The van der Waals surface area contributed by atoms with Gasteiger partial charge in [-0.05, 0) is 50.4 Å². The van der Waals surface area contributed by atoms with Crippen molar-refractivity contribution in [2.45, 2.75) is 45.1 Å². The minimum Gasteiger partial charge on any atom is -0.355 e. The Kier molecular flexibility index (Phi) is 4.02. The molecule has 2 saturated heterocycles. The van der Waals surface area contributed by atoms with Crippen LogP contribution in [0.15, 0.2) is 18.3 Å². The second-order valence-corrected chi connectivity index (χ2v) is 5.91. The van der Waals surface area contributed by atoms with E-state index in [2.05, 4.69) is 40.0 Å². The van der Waals surface area contributed by atoms with Crippen molar-refractivity contribution in [3.05, 3.63) is 23.9 Å². The molecule has 0 aliphatic carbocycles. The highest BCUT2D eigenvalue weighted by atomic mass is 15.3. The van der Waals surface area contributed by atoms with E-state index in [1.54, 1.807) is 0 Å². The first-order valence-electron chi connectivity index (χ1n) is 7.81. The standard InChI is InChI=1S/C16H25N3/c1-2-5-14-6-7-16(17-12-14)19-11-8-15(13-19)18-9-3-4-10-18/h6-7,12,15H,2-5,8-11,13H2,1H3. The van der Waals surface area contributed by atoms with Gasteiger partial charge in [-0.25, -0.2) is 4.98 Å². The van der Waals surface area contributed by atoms with Crippen LogP contribution in [0.5, 0.6) is 0 Å². The van der Waals surface area contributed by atoms with Crippen LogP contribution in [0.1, 0.15) is 38.2 Å². The number of nitrogens with zero attached hydrogens (tertiary/aromatic N) is 3. The van der Waals surface area contributed by atoms with Gasteiger partial charge in [0.05, 0.1) is 0 Å². The summed E-state index contributed by atoms with van der Waals surface area (Å²) in [5, 5.41) is 0. The van der Waals surface area contributed by atoms with Crippen molar-refractivity contribution in [3.8, 4) is 0 Å². The maximum Gasteiger partial charge on any atom is 0.128 e. The number of rotatable bonds is 4. The summed E-state index contributed by atoms with van der Waals surface area (Å²) in [7, 11) is 0. The Morgan fingerprint density at radius 3 is 2.74 bits per heavy atom. The van der Waals surface area contributed by atoms with Crippen LogP contribution >= 0.6 is 0 Å². The topological polar surface area (TPSA) is 19.4 Å². The zero-order valence-electron chi connectivity index (χ0n) is 12.0. The predicted octanol–water partition coefficient (Wildman–Crippen LogP) is 2.71. The Hall–Kier alpha value is -1.09. The molecule has 0 amide bonds. The molecule has 2 aliphatic rings. The lowest BCUT2D eigenvalue weighted by Gasteiger charge is -2.24. The fraction of sp³-hybridized carbons (Fsp3) is 0.688. The van der Waals surface area contributed by atoms with Crippen molar-refractivity contribution in [2.75, 3.05) is 31.1 Å². The second-order valence-electron chi connectivity index (χ2n) is 5.91. The summed E-state index contributed by atoms with van der Waals surface area (Å²) in [6, 6.07) is 5.21. The van der Waals surface area contributed by atoms with Crippen LogP contribution < -0.4 is 4.90 Å². The van der Waals surface area contributed by atoms with Crippen molar-refractivity contribution in [1.82, 2.24) is 9.88 Å². The zero-order valence-corrected chi connectivity index (χ0v) is 12.0. The van der Waals surface area contributed by atoms with E-state index in [4.69, 9.17) is 0 Å². The summed E-state index contributed by atoms with van der Waals surface area (Å²) in [5.41, 5.74) is 1.36. The number of aromatic nitrogens is 1. The SMILES string of the molecule is CCCc1ccc(N2CCC(N3CCCC3)C2)nc1. The number of likely N-dealkylation sites (tertiary alicyclic amines) is 1. The van der Waals surface area contributed by atoms with Crippen LogP contribution in [0.3, 0.4) is 0 Å². The van der Waals surface area contributed by atoms with E-state index in [9.17, 15) is 0 Å². The minimum atomic E-state index is 0.764.